The molecule has 1 aliphatic rings. The van der Waals surface area contributed by atoms with Crippen molar-refractivity contribution in [1.29, 1.82) is 0 Å². The summed E-state index contributed by atoms with van der Waals surface area (Å²) in [6.45, 7) is 5.66. The van der Waals surface area contributed by atoms with Crippen molar-refractivity contribution in [2.75, 3.05) is 12.0 Å². The summed E-state index contributed by atoms with van der Waals surface area (Å²) >= 11 is 1.26. The first-order valence-corrected chi connectivity index (χ1v) is 12.7. The molecule has 6 nitrogen and oxygen atoms in total. The van der Waals surface area contributed by atoms with Gasteiger partial charge in [-0.25, -0.2) is 4.98 Å². The lowest BCUT2D eigenvalue weighted by atomic mass is 9.94. The van der Waals surface area contributed by atoms with Crippen molar-refractivity contribution in [2.24, 2.45) is 0 Å². The molecule has 0 spiro atoms. The number of anilines is 1. The highest BCUT2D eigenvalue weighted by atomic mass is 32.1. The number of methoxy groups -OCH3 is 1. The fourth-order valence-electron chi connectivity index (χ4n) is 4.70. The van der Waals surface area contributed by atoms with Gasteiger partial charge in [0.25, 0.3) is 5.91 Å². The molecule has 0 saturated heterocycles. The van der Waals surface area contributed by atoms with Crippen LogP contribution in [0.4, 0.5) is 5.69 Å². The number of aromatic nitrogens is 1. The number of hydrogen-bond donors (Lipinski definition) is 1. The SMILES string of the molecule is COc1ccc(C2C(C(=O)c3sc(-c4ccccc4)nc3C)=C(O)C(=O)N2c2ccc(C)cc2C)cc1. The summed E-state index contributed by atoms with van der Waals surface area (Å²) in [7, 11) is 1.58. The minimum atomic E-state index is -0.811. The largest absolute Gasteiger partial charge is 0.503 e. The van der Waals surface area contributed by atoms with Crippen molar-refractivity contribution in [3.63, 3.8) is 0 Å². The molecule has 0 radical (unpaired) electrons. The van der Waals surface area contributed by atoms with Crippen molar-refractivity contribution >= 4 is 28.7 Å². The highest BCUT2D eigenvalue weighted by Crippen LogP contribution is 2.44. The van der Waals surface area contributed by atoms with Gasteiger partial charge in [0.05, 0.1) is 29.3 Å². The summed E-state index contributed by atoms with van der Waals surface area (Å²) in [6.07, 6.45) is 0. The van der Waals surface area contributed by atoms with Crippen LogP contribution >= 0.6 is 11.3 Å². The lowest BCUT2D eigenvalue weighted by Gasteiger charge is -2.28. The van der Waals surface area contributed by atoms with E-state index in [2.05, 4.69) is 4.98 Å². The molecule has 7 heteroatoms. The zero-order chi connectivity index (χ0) is 26.3. The van der Waals surface area contributed by atoms with Crippen molar-refractivity contribution in [1.82, 2.24) is 4.98 Å². The Hall–Kier alpha value is -4.23. The molecular weight excluding hydrogens is 484 g/mol. The smallest absolute Gasteiger partial charge is 0.294 e. The molecule has 1 aromatic heterocycles. The Morgan fingerprint density at radius 3 is 2.35 bits per heavy atom. The van der Waals surface area contributed by atoms with Crippen LogP contribution in [0.2, 0.25) is 0 Å². The predicted molar refractivity (Wildman–Crippen MR) is 145 cm³/mol. The van der Waals surface area contributed by atoms with Gasteiger partial charge in [-0.05, 0) is 50.1 Å². The van der Waals surface area contributed by atoms with E-state index in [-0.39, 0.29) is 5.57 Å². The van der Waals surface area contributed by atoms with Crippen LogP contribution in [0, 0.1) is 20.8 Å². The van der Waals surface area contributed by atoms with Gasteiger partial charge in [0.2, 0.25) is 5.78 Å². The third-order valence-electron chi connectivity index (χ3n) is 6.52. The summed E-state index contributed by atoms with van der Waals surface area (Å²) in [5.74, 6) is -0.907. The number of benzene rings is 3. The average Bonchev–Trinajstić information content (AvgIpc) is 3.42. The fourth-order valence-corrected chi connectivity index (χ4v) is 5.72. The Kier molecular flexibility index (Phi) is 6.39. The average molecular weight is 511 g/mol. The highest BCUT2D eigenvalue weighted by molar-refractivity contribution is 7.17. The van der Waals surface area contributed by atoms with E-state index in [4.69, 9.17) is 4.74 Å². The minimum absolute atomic E-state index is 0.0431. The number of thiazole rings is 1. The van der Waals surface area contributed by atoms with Crippen LogP contribution in [0.1, 0.15) is 38.1 Å². The van der Waals surface area contributed by atoms with E-state index in [9.17, 15) is 14.7 Å². The van der Waals surface area contributed by atoms with E-state index < -0.39 is 23.5 Å². The van der Waals surface area contributed by atoms with Crippen molar-refractivity contribution in [3.8, 4) is 16.3 Å². The number of aliphatic hydroxyl groups is 1. The number of aryl methyl sites for hydroxylation is 3. The molecular formula is C30H26N2O4S. The number of ketones is 1. The summed E-state index contributed by atoms with van der Waals surface area (Å²) in [6, 6.07) is 21.7. The van der Waals surface area contributed by atoms with E-state index >= 15 is 0 Å². The van der Waals surface area contributed by atoms with Gasteiger partial charge in [0.15, 0.2) is 5.76 Å². The molecule has 0 bridgehead atoms. The van der Waals surface area contributed by atoms with Crippen molar-refractivity contribution in [2.45, 2.75) is 26.8 Å². The quantitative estimate of drug-likeness (QED) is 0.299. The van der Waals surface area contributed by atoms with Gasteiger partial charge in [0.1, 0.15) is 10.8 Å². The molecule has 0 fully saturated rings. The number of ether oxygens (including phenoxy) is 1. The Morgan fingerprint density at radius 2 is 1.70 bits per heavy atom. The summed E-state index contributed by atoms with van der Waals surface area (Å²) in [4.78, 5) is 34.1. The molecule has 3 aromatic carbocycles. The molecule has 2 heterocycles. The lowest BCUT2D eigenvalue weighted by molar-refractivity contribution is -0.117. The minimum Gasteiger partial charge on any atom is -0.503 e. The number of carbonyl (C=O) groups excluding carboxylic acids is 2. The second-order valence-electron chi connectivity index (χ2n) is 9.03. The second kappa shape index (κ2) is 9.67. The Bertz CT molecular complexity index is 1540. The molecule has 1 N–H and O–H groups in total. The van der Waals surface area contributed by atoms with Crippen LogP contribution in [-0.4, -0.2) is 28.9 Å². The van der Waals surface area contributed by atoms with Crippen LogP contribution in [0.3, 0.4) is 0 Å². The summed E-state index contributed by atoms with van der Waals surface area (Å²) < 4.78 is 5.31. The zero-order valence-corrected chi connectivity index (χ0v) is 21.8. The van der Waals surface area contributed by atoms with Gasteiger partial charge < -0.3 is 9.84 Å². The highest BCUT2D eigenvalue weighted by Gasteiger charge is 2.45. The number of rotatable bonds is 6. The van der Waals surface area contributed by atoms with E-state index in [1.165, 1.54) is 16.2 Å². The molecule has 1 amide bonds. The molecule has 1 unspecified atom stereocenters. The lowest BCUT2D eigenvalue weighted by Crippen LogP contribution is -2.31. The topological polar surface area (TPSA) is 79.7 Å². The van der Waals surface area contributed by atoms with Crippen LogP contribution in [0.15, 0.2) is 84.1 Å². The molecule has 37 heavy (non-hydrogen) atoms. The predicted octanol–water partition coefficient (Wildman–Crippen LogP) is 6.53. The van der Waals surface area contributed by atoms with E-state index in [0.29, 0.717) is 32.6 Å². The number of Topliss-reactive ketones (excluding diaryl/α,β-unsaturated/α-hetero) is 1. The van der Waals surface area contributed by atoms with Crippen LogP contribution in [0.5, 0.6) is 5.75 Å². The molecule has 1 atom stereocenters. The zero-order valence-electron chi connectivity index (χ0n) is 21.0. The number of aliphatic hydroxyl groups excluding tert-OH is 1. The Balaban J connectivity index is 1.64. The Labute approximate surface area is 219 Å². The van der Waals surface area contributed by atoms with E-state index in [0.717, 1.165) is 16.7 Å². The van der Waals surface area contributed by atoms with Gasteiger partial charge in [-0.1, -0.05) is 60.2 Å². The monoisotopic (exact) mass is 510 g/mol. The Morgan fingerprint density at radius 1 is 1.00 bits per heavy atom. The van der Waals surface area contributed by atoms with Gasteiger partial charge in [-0.15, -0.1) is 11.3 Å². The van der Waals surface area contributed by atoms with Crippen LogP contribution in [-0.2, 0) is 4.79 Å². The summed E-state index contributed by atoms with van der Waals surface area (Å²) in [5, 5.41) is 11.8. The van der Waals surface area contributed by atoms with Gasteiger partial charge in [-0.2, -0.15) is 0 Å². The van der Waals surface area contributed by atoms with Crippen LogP contribution < -0.4 is 9.64 Å². The maximum atomic E-state index is 14.0. The first-order chi connectivity index (χ1) is 17.8. The standard InChI is InChI=1S/C30H26N2O4S/c1-17-10-15-23(18(2)16-17)32-25(20-11-13-22(36-4)14-12-20)24(27(34)30(32)35)26(33)28-19(3)31-29(37-28)21-8-6-5-7-9-21/h5-16,25,34H,1-4H3. The van der Waals surface area contributed by atoms with Gasteiger partial charge >= 0.3 is 0 Å². The molecule has 0 aliphatic carbocycles. The number of hydrogen-bond acceptors (Lipinski definition) is 6. The number of carbonyl (C=O) groups is 2. The molecule has 4 aromatic rings. The van der Waals surface area contributed by atoms with Gasteiger partial charge in [0, 0.05) is 11.3 Å². The third kappa shape index (κ3) is 4.32. The fraction of sp³-hybridized carbons (Fsp3) is 0.167. The number of nitrogens with zero attached hydrogens (tertiary/aromatic N) is 2. The normalized spacial score (nSPS) is 15.4. The van der Waals surface area contributed by atoms with Crippen molar-refractivity contribution < 1.29 is 19.4 Å². The maximum absolute atomic E-state index is 14.0. The number of amides is 1. The first kappa shape index (κ1) is 24.5. The third-order valence-corrected chi connectivity index (χ3v) is 7.72. The van der Waals surface area contributed by atoms with E-state index in [1.54, 1.807) is 26.2 Å². The molecule has 1 aliphatic heterocycles. The molecule has 186 valence electrons. The molecule has 0 saturated carbocycles. The maximum Gasteiger partial charge on any atom is 0.294 e. The van der Waals surface area contributed by atoms with Crippen LogP contribution in [0.25, 0.3) is 10.6 Å². The summed E-state index contributed by atoms with van der Waals surface area (Å²) in [5.41, 5.74) is 4.74. The van der Waals surface area contributed by atoms with Gasteiger partial charge in [-0.3, -0.25) is 14.5 Å². The second-order valence-corrected chi connectivity index (χ2v) is 10.0. The van der Waals surface area contributed by atoms with E-state index in [1.807, 2.05) is 74.5 Å². The molecule has 5 rings (SSSR count). The first-order valence-electron chi connectivity index (χ1n) is 11.9. The van der Waals surface area contributed by atoms with Crippen molar-refractivity contribution in [3.05, 3.63) is 111 Å².